The van der Waals surface area contributed by atoms with Crippen molar-refractivity contribution < 1.29 is 22.7 Å². The molecule has 2 heterocycles. The van der Waals surface area contributed by atoms with Crippen LogP contribution >= 0.6 is 0 Å². The second-order valence-corrected chi connectivity index (χ2v) is 12.5. The highest BCUT2D eigenvalue weighted by molar-refractivity contribution is 7.92. The molecule has 2 aromatic carbocycles. The van der Waals surface area contributed by atoms with Crippen LogP contribution in [0.15, 0.2) is 54.6 Å². The van der Waals surface area contributed by atoms with Crippen LogP contribution in [0.5, 0.6) is 0 Å². The second kappa shape index (κ2) is 10.4. The number of amides is 2. The summed E-state index contributed by atoms with van der Waals surface area (Å²) in [7, 11) is -3.42. The number of fused-ring (bicyclic) bond motifs is 2. The van der Waals surface area contributed by atoms with E-state index in [2.05, 4.69) is 5.32 Å². The van der Waals surface area contributed by atoms with E-state index in [9.17, 15) is 18.0 Å². The zero-order chi connectivity index (χ0) is 26.8. The van der Waals surface area contributed by atoms with Gasteiger partial charge in [0.25, 0.3) is 0 Å². The minimum atomic E-state index is -3.42. The van der Waals surface area contributed by atoms with Crippen LogP contribution in [0.2, 0.25) is 0 Å². The molecule has 0 unspecified atom stereocenters. The van der Waals surface area contributed by atoms with E-state index in [0.29, 0.717) is 39.1 Å². The fraction of sp³-hybridized carbons (Fsp3) is 0.481. The van der Waals surface area contributed by atoms with Gasteiger partial charge >= 0.3 is 0 Å². The van der Waals surface area contributed by atoms with E-state index in [-0.39, 0.29) is 17.9 Å². The van der Waals surface area contributed by atoms with Crippen molar-refractivity contribution in [1.82, 2.24) is 10.2 Å². The Morgan fingerprint density at radius 1 is 1.08 bits per heavy atom. The maximum absolute atomic E-state index is 13.6. The maximum atomic E-state index is 13.6. The van der Waals surface area contributed by atoms with Crippen LogP contribution in [-0.2, 0) is 36.4 Å². The number of hydrogen-bond acceptors (Lipinski definition) is 6. The summed E-state index contributed by atoms with van der Waals surface area (Å²) in [6.45, 7) is 4.77. The number of carbonyl (C=O) groups is 2. The number of likely N-dealkylation sites (tertiary alicyclic amines) is 1. The molecule has 9 nitrogen and oxygen atoms in total. The smallest absolute Gasteiger partial charge is 0.247 e. The van der Waals surface area contributed by atoms with Crippen molar-refractivity contribution in [3.63, 3.8) is 0 Å². The molecule has 37 heavy (non-hydrogen) atoms. The highest BCUT2D eigenvalue weighted by Crippen LogP contribution is 2.47. The third kappa shape index (κ3) is 5.97. The van der Waals surface area contributed by atoms with Crippen molar-refractivity contribution in [3.05, 3.63) is 65.7 Å². The van der Waals surface area contributed by atoms with E-state index in [1.807, 2.05) is 54.6 Å². The Morgan fingerprint density at radius 3 is 2.32 bits per heavy atom. The molecule has 200 valence electrons. The Labute approximate surface area is 219 Å². The molecule has 3 N–H and O–H groups in total. The van der Waals surface area contributed by atoms with Crippen molar-refractivity contribution in [3.8, 4) is 0 Å². The molecule has 0 aromatic heterocycles. The van der Waals surface area contributed by atoms with Crippen LogP contribution in [0.25, 0.3) is 0 Å². The predicted molar refractivity (Wildman–Crippen MR) is 142 cm³/mol. The SMILES string of the molecule is CC(C)(N)C(=O)N[C@H](COCc1ccccc1)C(=O)N1CCC2(CC1)CN([35S](C)(=O)=O)c1ccccc12. The molecule has 2 aromatic rings. The van der Waals surface area contributed by atoms with Crippen LogP contribution in [0, 0.1) is 0 Å². The molecule has 1 spiro atoms. The lowest BCUT2D eigenvalue weighted by atomic mass is 9.74. The monoisotopic (exact) mass is 531 g/mol. The average Bonchev–Trinajstić information content (AvgIpc) is 3.18. The fourth-order valence-electron chi connectivity index (χ4n) is 5.07. The number of para-hydroxylation sites is 1. The molecule has 4 rings (SSSR count). The van der Waals surface area contributed by atoms with E-state index < -0.39 is 27.5 Å². The van der Waals surface area contributed by atoms with E-state index in [1.165, 1.54) is 10.6 Å². The second-order valence-electron chi connectivity index (χ2n) is 10.6. The molecule has 0 radical (unpaired) electrons. The quantitative estimate of drug-likeness (QED) is 0.536. The van der Waals surface area contributed by atoms with Gasteiger partial charge in [-0.15, -0.1) is 0 Å². The summed E-state index contributed by atoms with van der Waals surface area (Å²) in [6.07, 6.45) is 2.47. The summed E-state index contributed by atoms with van der Waals surface area (Å²) >= 11 is 0. The predicted octanol–water partition coefficient (Wildman–Crippen LogP) is 1.77. The number of hydrogen-bond donors (Lipinski definition) is 2. The van der Waals surface area contributed by atoms with Gasteiger partial charge in [-0.25, -0.2) is 8.42 Å². The first-order valence-corrected chi connectivity index (χ1v) is 14.3. The Kier molecular flexibility index (Phi) is 7.64. The van der Waals surface area contributed by atoms with Crippen LogP contribution in [-0.4, -0.2) is 69.2 Å². The number of ether oxygens (including phenoxy) is 1. The lowest BCUT2D eigenvalue weighted by molar-refractivity contribution is -0.140. The van der Waals surface area contributed by atoms with Gasteiger partial charge < -0.3 is 20.7 Å². The third-order valence-electron chi connectivity index (χ3n) is 7.21. The molecule has 1 atom stereocenters. The Balaban J connectivity index is 1.46. The minimum Gasteiger partial charge on any atom is -0.374 e. The topological polar surface area (TPSA) is 122 Å². The van der Waals surface area contributed by atoms with Crippen molar-refractivity contribution in [2.45, 2.75) is 50.3 Å². The summed E-state index contributed by atoms with van der Waals surface area (Å²) in [5.74, 6) is -0.664. The summed E-state index contributed by atoms with van der Waals surface area (Å²) in [6, 6.07) is 16.3. The fourth-order valence-corrected chi connectivity index (χ4v) is 6.07. The lowest BCUT2D eigenvalue weighted by Gasteiger charge is -2.41. The number of rotatable bonds is 8. The Hall–Kier alpha value is -2.95. The van der Waals surface area contributed by atoms with Crippen molar-refractivity contribution in [2.75, 3.05) is 36.8 Å². The van der Waals surface area contributed by atoms with Gasteiger partial charge in [0.2, 0.25) is 21.8 Å². The van der Waals surface area contributed by atoms with E-state index in [0.717, 1.165) is 16.8 Å². The maximum Gasteiger partial charge on any atom is 0.247 e. The number of piperidine rings is 1. The number of benzene rings is 2. The molecule has 0 aliphatic carbocycles. The van der Waals surface area contributed by atoms with E-state index in [4.69, 9.17) is 10.5 Å². The average molecular weight is 532 g/mol. The largest absolute Gasteiger partial charge is 0.374 e. The Bertz CT molecular complexity index is 1230. The molecular formula is C27H36N4O5S. The van der Waals surface area contributed by atoms with Crippen LogP contribution < -0.4 is 15.4 Å². The van der Waals surface area contributed by atoms with Gasteiger partial charge in [0.15, 0.2) is 0 Å². The molecular weight excluding hydrogens is 495 g/mol. The summed E-state index contributed by atoms with van der Waals surface area (Å²) in [5, 5.41) is 2.78. The highest BCUT2D eigenvalue weighted by atomic mass is 35.1. The van der Waals surface area contributed by atoms with Crippen molar-refractivity contribution in [1.29, 1.82) is 0 Å². The number of nitrogens with zero attached hydrogens (tertiary/aromatic N) is 2. The number of nitrogens with one attached hydrogen (secondary N) is 1. The lowest BCUT2D eigenvalue weighted by Crippen LogP contribution is -2.59. The normalized spacial score (nSPS) is 17.9. The van der Waals surface area contributed by atoms with Gasteiger partial charge in [0.05, 0.1) is 30.7 Å². The first-order chi connectivity index (χ1) is 17.4. The summed E-state index contributed by atoms with van der Waals surface area (Å²) in [4.78, 5) is 27.9. The van der Waals surface area contributed by atoms with Gasteiger partial charge in [-0.1, -0.05) is 48.5 Å². The number of sulfonamides is 1. The van der Waals surface area contributed by atoms with E-state index in [1.54, 1.807) is 18.7 Å². The van der Waals surface area contributed by atoms with Crippen LogP contribution in [0.4, 0.5) is 5.69 Å². The van der Waals surface area contributed by atoms with Crippen molar-refractivity contribution >= 4 is 27.5 Å². The highest BCUT2D eigenvalue weighted by Gasteiger charge is 2.48. The van der Waals surface area contributed by atoms with Crippen LogP contribution in [0.3, 0.4) is 0 Å². The van der Waals surface area contributed by atoms with Gasteiger partial charge in [-0.3, -0.25) is 13.9 Å². The zero-order valence-corrected chi connectivity index (χ0v) is 22.5. The molecule has 0 saturated carbocycles. The number of carbonyl (C=O) groups excluding carboxylic acids is 2. The zero-order valence-electron chi connectivity index (χ0n) is 21.6. The summed E-state index contributed by atoms with van der Waals surface area (Å²) < 4.78 is 32.2. The van der Waals surface area contributed by atoms with Gasteiger partial charge in [-0.2, -0.15) is 0 Å². The molecule has 1 fully saturated rings. The molecule has 1 saturated heterocycles. The first-order valence-electron chi connectivity index (χ1n) is 12.5. The molecule has 10 heteroatoms. The molecule has 2 aliphatic heterocycles. The Morgan fingerprint density at radius 2 is 1.70 bits per heavy atom. The summed E-state index contributed by atoms with van der Waals surface area (Å²) in [5.41, 5.74) is 7.16. The molecule has 2 amide bonds. The van der Waals surface area contributed by atoms with Gasteiger partial charge in [-0.05, 0) is 43.9 Å². The van der Waals surface area contributed by atoms with Crippen molar-refractivity contribution in [2.24, 2.45) is 5.73 Å². The van der Waals surface area contributed by atoms with E-state index >= 15 is 0 Å². The third-order valence-corrected chi connectivity index (χ3v) is 8.33. The first kappa shape index (κ1) is 27.1. The molecule has 0 bridgehead atoms. The number of anilines is 1. The molecule has 2 aliphatic rings. The standard InChI is InChI=1S/C27H36N4O5S/c1-26(2,28)25(33)29-22(18-36-17-20-9-5-4-6-10-20)24(32)30-15-13-27(14-16-30)19-31(37(3,34)35)23-12-8-7-11-21(23)27/h4-12,22H,13-19,28H2,1-3H3,(H,29,33)/t22-/m1/s1/i37+3. The van der Waals surface area contributed by atoms with Gasteiger partial charge in [0, 0.05) is 25.0 Å². The number of nitrogens with two attached hydrogens (primary N) is 1. The van der Waals surface area contributed by atoms with Gasteiger partial charge in [0.1, 0.15) is 6.04 Å². The van der Waals surface area contributed by atoms with Crippen LogP contribution in [0.1, 0.15) is 37.8 Å². The minimum absolute atomic E-state index is 0.0158.